The molecule has 1 unspecified atom stereocenters. The molecule has 1 aromatic carbocycles. The third kappa shape index (κ3) is 15.1. The van der Waals surface area contributed by atoms with Gasteiger partial charge in [-0.25, -0.2) is 0 Å². The molecule has 23 heavy (non-hydrogen) atoms. The van der Waals surface area contributed by atoms with Crippen LogP contribution in [0.25, 0.3) is 0 Å². The molecule has 0 aliphatic heterocycles. The lowest BCUT2D eigenvalue weighted by molar-refractivity contribution is 0.353. The summed E-state index contributed by atoms with van der Waals surface area (Å²) in [6.45, 7) is 11.5. The molecule has 0 heterocycles. The van der Waals surface area contributed by atoms with Crippen LogP contribution in [0, 0.1) is 12.8 Å². The van der Waals surface area contributed by atoms with Crippen molar-refractivity contribution in [2.24, 2.45) is 22.4 Å². The minimum atomic E-state index is -0.433. The Morgan fingerprint density at radius 3 is 2.13 bits per heavy atom. The van der Waals surface area contributed by atoms with Gasteiger partial charge < -0.3 is 16.8 Å². The summed E-state index contributed by atoms with van der Waals surface area (Å²) in [4.78, 5) is 3.83. The van der Waals surface area contributed by atoms with Crippen LogP contribution in [0.1, 0.15) is 45.2 Å². The van der Waals surface area contributed by atoms with Gasteiger partial charge in [-0.05, 0) is 12.5 Å². The van der Waals surface area contributed by atoms with Gasteiger partial charge in [-0.2, -0.15) is 0 Å². The van der Waals surface area contributed by atoms with Crippen LogP contribution in [0.2, 0.25) is 0 Å². The molecule has 1 atom stereocenters. The molecule has 0 saturated carbocycles. The molecule has 0 spiro atoms. The summed E-state index contributed by atoms with van der Waals surface area (Å²) in [5.41, 5.74) is 12.8. The maximum atomic E-state index is 12.7. The van der Waals surface area contributed by atoms with Gasteiger partial charge in [0.1, 0.15) is 0 Å². The first-order chi connectivity index (χ1) is 11.0. The lowest BCUT2D eigenvalue weighted by atomic mass is 10.1. The topological polar surface area (TPSA) is 76.4 Å². The standard InChI is InChI=1S/C13H21FN4.C3H8.C2H6/c1-10-2-4-11(5-3-10)7-17-8-12(6-14)9-18-13(15)16;1-3-2;1-2/h2-5,12,17H,6-9H2,1H3,(H4,15,16,18);3H2,1-2H3;1-2H3. The molecule has 4 nitrogen and oxygen atoms in total. The molecular weight excluding hydrogens is 291 g/mol. The quantitative estimate of drug-likeness (QED) is 0.531. The van der Waals surface area contributed by atoms with Crippen molar-refractivity contribution in [1.82, 2.24) is 5.32 Å². The Hall–Kier alpha value is -1.62. The predicted octanol–water partition coefficient (Wildman–Crippen LogP) is 3.39. The molecule has 0 radical (unpaired) electrons. The number of alkyl halides is 1. The highest BCUT2D eigenvalue weighted by Gasteiger charge is 2.07. The fourth-order valence-corrected chi connectivity index (χ4v) is 1.53. The van der Waals surface area contributed by atoms with E-state index < -0.39 is 6.67 Å². The second-order valence-electron chi connectivity index (χ2n) is 5.11. The Morgan fingerprint density at radius 2 is 1.70 bits per heavy atom. The van der Waals surface area contributed by atoms with Gasteiger partial charge in [0, 0.05) is 25.6 Å². The normalized spacial score (nSPS) is 10.5. The van der Waals surface area contributed by atoms with Gasteiger partial charge in [0.25, 0.3) is 0 Å². The van der Waals surface area contributed by atoms with Crippen molar-refractivity contribution in [2.75, 3.05) is 19.8 Å². The smallest absolute Gasteiger partial charge is 0.185 e. The number of nitrogens with two attached hydrogens (primary N) is 2. The van der Waals surface area contributed by atoms with Gasteiger partial charge in [0.15, 0.2) is 5.96 Å². The molecule has 134 valence electrons. The van der Waals surface area contributed by atoms with Crippen LogP contribution in [0.3, 0.4) is 0 Å². The van der Waals surface area contributed by atoms with Gasteiger partial charge >= 0.3 is 0 Å². The minimum absolute atomic E-state index is 0.00647. The fourth-order valence-electron chi connectivity index (χ4n) is 1.53. The second kappa shape index (κ2) is 16.7. The maximum absolute atomic E-state index is 12.7. The summed E-state index contributed by atoms with van der Waals surface area (Å²) in [7, 11) is 0. The predicted molar refractivity (Wildman–Crippen MR) is 100 cm³/mol. The molecule has 5 N–H and O–H groups in total. The van der Waals surface area contributed by atoms with Gasteiger partial charge in [-0.1, -0.05) is 63.9 Å². The van der Waals surface area contributed by atoms with E-state index in [0.717, 1.165) is 6.54 Å². The maximum Gasteiger partial charge on any atom is 0.185 e. The van der Waals surface area contributed by atoms with E-state index in [9.17, 15) is 4.39 Å². The summed E-state index contributed by atoms with van der Waals surface area (Å²) in [6, 6.07) is 8.23. The molecule has 0 aromatic heterocycles. The van der Waals surface area contributed by atoms with E-state index >= 15 is 0 Å². The van der Waals surface area contributed by atoms with Crippen molar-refractivity contribution in [3.8, 4) is 0 Å². The highest BCUT2D eigenvalue weighted by atomic mass is 19.1. The zero-order valence-corrected chi connectivity index (χ0v) is 15.4. The molecule has 1 rings (SSSR count). The number of hydrogen-bond donors (Lipinski definition) is 3. The zero-order chi connectivity index (χ0) is 18.1. The van der Waals surface area contributed by atoms with Crippen molar-refractivity contribution in [3.05, 3.63) is 35.4 Å². The number of aryl methyl sites for hydroxylation is 1. The Labute approximate surface area is 141 Å². The summed E-state index contributed by atoms with van der Waals surface area (Å²) >= 11 is 0. The summed E-state index contributed by atoms with van der Waals surface area (Å²) in [5, 5.41) is 3.20. The lowest BCUT2D eigenvalue weighted by Crippen LogP contribution is -2.29. The van der Waals surface area contributed by atoms with Crippen molar-refractivity contribution >= 4 is 5.96 Å². The minimum Gasteiger partial charge on any atom is -0.370 e. The number of nitrogens with one attached hydrogen (secondary N) is 1. The van der Waals surface area contributed by atoms with Crippen LogP contribution < -0.4 is 16.8 Å². The lowest BCUT2D eigenvalue weighted by Gasteiger charge is -2.12. The Kier molecular flexibility index (Phi) is 17.2. The van der Waals surface area contributed by atoms with E-state index in [1.54, 1.807) is 0 Å². The van der Waals surface area contributed by atoms with Crippen LogP contribution in [0.4, 0.5) is 4.39 Å². The molecular formula is C18H35FN4. The summed E-state index contributed by atoms with van der Waals surface area (Å²) < 4.78 is 12.7. The SMILES string of the molecule is CC.CCC.Cc1ccc(CNCC(CF)CN=C(N)N)cc1. The van der Waals surface area contributed by atoms with E-state index in [1.807, 2.05) is 20.8 Å². The van der Waals surface area contributed by atoms with Gasteiger partial charge in [-0.3, -0.25) is 9.38 Å². The van der Waals surface area contributed by atoms with Crippen LogP contribution in [0.5, 0.6) is 0 Å². The highest BCUT2D eigenvalue weighted by molar-refractivity contribution is 5.75. The van der Waals surface area contributed by atoms with Crippen LogP contribution in [-0.2, 0) is 6.54 Å². The second-order valence-corrected chi connectivity index (χ2v) is 5.11. The first-order valence-corrected chi connectivity index (χ1v) is 8.41. The molecule has 0 aliphatic carbocycles. The number of hydrogen-bond acceptors (Lipinski definition) is 2. The van der Waals surface area contributed by atoms with E-state index in [2.05, 4.69) is 48.4 Å². The molecule has 0 fully saturated rings. The average molecular weight is 327 g/mol. The zero-order valence-electron chi connectivity index (χ0n) is 15.4. The monoisotopic (exact) mass is 326 g/mol. The van der Waals surface area contributed by atoms with Crippen molar-refractivity contribution < 1.29 is 4.39 Å². The Morgan fingerprint density at radius 1 is 1.17 bits per heavy atom. The first-order valence-electron chi connectivity index (χ1n) is 8.41. The first kappa shape index (κ1) is 23.6. The van der Waals surface area contributed by atoms with Gasteiger partial charge in [-0.15, -0.1) is 0 Å². The number of aliphatic imine (C=N–C) groups is 1. The average Bonchev–Trinajstić information content (AvgIpc) is 2.55. The molecule has 1 aromatic rings. The van der Waals surface area contributed by atoms with E-state index in [4.69, 9.17) is 11.5 Å². The van der Waals surface area contributed by atoms with Gasteiger partial charge in [0.05, 0.1) is 6.67 Å². The number of guanidine groups is 1. The van der Waals surface area contributed by atoms with Crippen molar-refractivity contribution in [2.45, 2.75) is 47.6 Å². The molecule has 0 saturated heterocycles. The largest absolute Gasteiger partial charge is 0.370 e. The summed E-state index contributed by atoms with van der Waals surface area (Å²) in [6.07, 6.45) is 1.25. The number of nitrogens with zero attached hydrogens (tertiary/aromatic N) is 1. The van der Waals surface area contributed by atoms with Crippen LogP contribution in [0.15, 0.2) is 29.3 Å². The highest BCUT2D eigenvalue weighted by Crippen LogP contribution is 2.03. The molecule has 0 amide bonds. The number of benzene rings is 1. The van der Waals surface area contributed by atoms with E-state index in [1.165, 1.54) is 17.5 Å². The summed E-state index contributed by atoms with van der Waals surface area (Å²) in [5.74, 6) is -0.176. The Bertz CT molecular complexity index is 387. The third-order valence-electron chi connectivity index (χ3n) is 2.63. The van der Waals surface area contributed by atoms with Gasteiger partial charge in [0.2, 0.25) is 0 Å². The number of halogens is 1. The van der Waals surface area contributed by atoms with E-state index in [-0.39, 0.29) is 11.9 Å². The van der Waals surface area contributed by atoms with Crippen LogP contribution in [-0.4, -0.2) is 25.7 Å². The molecule has 5 heteroatoms. The molecule has 0 bridgehead atoms. The fraction of sp³-hybridized carbons (Fsp3) is 0.611. The van der Waals surface area contributed by atoms with Crippen molar-refractivity contribution in [1.29, 1.82) is 0 Å². The molecule has 0 aliphatic rings. The third-order valence-corrected chi connectivity index (χ3v) is 2.63. The van der Waals surface area contributed by atoms with Crippen molar-refractivity contribution in [3.63, 3.8) is 0 Å². The number of rotatable bonds is 7. The van der Waals surface area contributed by atoms with Crippen LogP contribution >= 0.6 is 0 Å². The van der Waals surface area contributed by atoms with E-state index in [0.29, 0.717) is 13.1 Å². The Balaban J connectivity index is 0.